The van der Waals surface area contributed by atoms with E-state index >= 15 is 0 Å². The van der Waals surface area contributed by atoms with E-state index in [1.807, 2.05) is 30.1 Å². The van der Waals surface area contributed by atoms with Crippen LogP contribution >= 0.6 is 0 Å². The topological polar surface area (TPSA) is 49.6 Å². The van der Waals surface area contributed by atoms with Gasteiger partial charge in [-0.15, -0.1) is 0 Å². The summed E-state index contributed by atoms with van der Waals surface area (Å²) >= 11 is 0. The third kappa shape index (κ3) is 3.07. The highest BCUT2D eigenvalue weighted by Gasteiger charge is 2.35. The van der Waals surface area contributed by atoms with Crippen LogP contribution < -0.4 is 5.73 Å². The Balaban J connectivity index is 2.15. The Kier molecular flexibility index (Phi) is 4.10. The largest absolute Gasteiger partial charge is 0.399 e. The summed E-state index contributed by atoms with van der Waals surface area (Å²) in [6.07, 6.45) is 0.913. The summed E-state index contributed by atoms with van der Waals surface area (Å²) in [5.74, 6) is 0.234. The molecule has 0 aromatic heterocycles. The van der Waals surface area contributed by atoms with Crippen molar-refractivity contribution in [2.75, 3.05) is 19.3 Å². The number of amides is 1. The number of anilines is 1. The molecule has 1 heterocycles. The quantitative estimate of drug-likeness (QED) is 0.839. The average molecular weight is 261 g/mol. The number of nitrogen functional groups attached to an aromatic ring is 1. The van der Waals surface area contributed by atoms with E-state index in [-0.39, 0.29) is 11.9 Å². The smallest absolute Gasteiger partial charge is 0.239 e. The van der Waals surface area contributed by atoms with Gasteiger partial charge in [0.15, 0.2) is 0 Å². The Labute approximate surface area is 115 Å². The van der Waals surface area contributed by atoms with E-state index in [1.165, 1.54) is 0 Å². The maximum atomic E-state index is 12.2. The van der Waals surface area contributed by atoms with Gasteiger partial charge in [0.2, 0.25) is 5.91 Å². The molecule has 2 N–H and O–H groups in total. The number of hydrogen-bond donors (Lipinski definition) is 1. The monoisotopic (exact) mass is 261 g/mol. The third-order valence-electron chi connectivity index (χ3n) is 3.78. The third-order valence-corrected chi connectivity index (χ3v) is 3.78. The highest BCUT2D eigenvalue weighted by molar-refractivity contribution is 5.83. The molecule has 1 fully saturated rings. The lowest BCUT2D eigenvalue weighted by Gasteiger charge is -2.31. The minimum atomic E-state index is 0.00595. The van der Waals surface area contributed by atoms with E-state index < -0.39 is 0 Å². The summed E-state index contributed by atoms with van der Waals surface area (Å²) in [5.41, 5.74) is 7.76. The number of benzene rings is 1. The van der Waals surface area contributed by atoms with Crippen molar-refractivity contribution < 1.29 is 4.79 Å². The van der Waals surface area contributed by atoms with Gasteiger partial charge >= 0.3 is 0 Å². The van der Waals surface area contributed by atoms with Crippen LogP contribution in [0.5, 0.6) is 0 Å². The minimum Gasteiger partial charge on any atom is -0.399 e. The summed E-state index contributed by atoms with van der Waals surface area (Å²) in [6.45, 7) is 5.90. The van der Waals surface area contributed by atoms with Gasteiger partial charge in [-0.25, -0.2) is 0 Å². The SMILES string of the molecule is CC(C)N(Cc1cccc(N)c1)C1CCN(C)C1=O. The highest BCUT2D eigenvalue weighted by Crippen LogP contribution is 2.21. The van der Waals surface area contributed by atoms with Crippen LogP contribution in [-0.4, -0.2) is 41.4 Å². The van der Waals surface area contributed by atoms with Gasteiger partial charge in [0, 0.05) is 31.9 Å². The Morgan fingerprint density at radius 3 is 2.74 bits per heavy atom. The first kappa shape index (κ1) is 13.9. The maximum absolute atomic E-state index is 12.2. The molecule has 104 valence electrons. The van der Waals surface area contributed by atoms with Gasteiger partial charge in [0.1, 0.15) is 0 Å². The van der Waals surface area contributed by atoms with Crippen molar-refractivity contribution in [2.45, 2.75) is 38.9 Å². The second-order valence-electron chi connectivity index (χ2n) is 5.58. The molecule has 0 spiro atoms. The normalized spacial score (nSPS) is 19.7. The van der Waals surface area contributed by atoms with Crippen LogP contribution in [0.15, 0.2) is 24.3 Å². The molecule has 1 aliphatic heterocycles. The summed E-state index contributed by atoms with van der Waals surface area (Å²) in [6, 6.07) is 8.24. The van der Waals surface area contributed by atoms with Crippen molar-refractivity contribution in [3.8, 4) is 0 Å². The maximum Gasteiger partial charge on any atom is 0.239 e. The van der Waals surface area contributed by atoms with E-state index in [1.54, 1.807) is 0 Å². The predicted octanol–water partition coefficient (Wildman–Crippen LogP) is 1.71. The molecular formula is C15H23N3O. The minimum absolute atomic E-state index is 0.00595. The first-order chi connectivity index (χ1) is 8.99. The van der Waals surface area contributed by atoms with Crippen LogP contribution in [0.25, 0.3) is 0 Å². The fourth-order valence-electron chi connectivity index (χ4n) is 2.67. The predicted molar refractivity (Wildman–Crippen MR) is 77.6 cm³/mol. The molecule has 1 saturated heterocycles. The van der Waals surface area contributed by atoms with Crippen LogP contribution in [-0.2, 0) is 11.3 Å². The number of likely N-dealkylation sites (tertiary alicyclic amines) is 1. The number of hydrogen-bond acceptors (Lipinski definition) is 3. The van der Waals surface area contributed by atoms with Gasteiger partial charge < -0.3 is 10.6 Å². The highest BCUT2D eigenvalue weighted by atomic mass is 16.2. The molecule has 0 radical (unpaired) electrons. The zero-order chi connectivity index (χ0) is 14.0. The van der Waals surface area contributed by atoms with E-state index in [2.05, 4.69) is 24.8 Å². The lowest BCUT2D eigenvalue weighted by atomic mass is 10.1. The molecule has 1 atom stereocenters. The Morgan fingerprint density at radius 1 is 1.47 bits per heavy atom. The van der Waals surface area contributed by atoms with Crippen molar-refractivity contribution >= 4 is 11.6 Å². The van der Waals surface area contributed by atoms with Crippen LogP contribution in [0.2, 0.25) is 0 Å². The number of likely N-dealkylation sites (N-methyl/N-ethyl adjacent to an activating group) is 1. The van der Waals surface area contributed by atoms with Crippen LogP contribution in [0.1, 0.15) is 25.8 Å². The van der Waals surface area contributed by atoms with Crippen LogP contribution in [0, 0.1) is 0 Å². The van der Waals surface area contributed by atoms with Gasteiger partial charge in [-0.2, -0.15) is 0 Å². The first-order valence-electron chi connectivity index (χ1n) is 6.84. The van der Waals surface area contributed by atoms with Gasteiger partial charge in [-0.1, -0.05) is 12.1 Å². The van der Waals surface area contributed by atoms with E-state index in [0.29, 0.717) is 6.04 Å². The van der Waals surface area contributed by atoms with E-state index in [4.69, 9.17) is 5.73 Å². The standard InChI is InChI=1S/C15H23N3O/c1-11(2)18(14-7-8-17(3)15(14)19)10-12-5-4-6-13(16)9-12/h4-6,9,11,14H,7-8,10,16H2,1-3H3. The molecule has 1 aromatic rings. The van der Waals surface area contributed by atoms with Gasteiger partial charge in [-0.3, -0.25) is 9.69 Å². The molecule has 19 heavy (non-hydrogen) atoms. The summed E-state index contributed by atoms with van der Waals surface area (Å²) < 4.78 is 0. The van der Waals surface area contributed by atoms with E-state index in [9.17, 15) is 4.79 Å². The Morgan fingerprint density at radius 2 is 2.21 bits per heavy atom. The summed E-state index contributed by atoms with van der Waals surface area (Å²) in [5, 5.41) is 0. The second-order valence-corrected chi connectivity index (χ2v) is 5.58. The fraction of sp³-hybridized carbons (Fsp3) is 0.533. The molecule has 1 unspecified atom stereocenters. The lowest BCUT2D eigenvalue weighted by Crippen LogP contribution is -2.44. The molecule has 0 saturated carbocycles. The van der Waals surface area contributed by atoms with Crippen LogP contribution in [0.3, 0.4) is 0 Å². The van der Waals surface area contributed by atoms with Crippen LogP contribution in [0.4, 0.5) is 5.69 Å². The lowest BCUT2D eigenvalue weighted by molar-refractivity contribution is -0.131. The Hall–Kier alpha value is -1.55. The molecule has 1 aliphatic rings. The molecule has 0 bridgehead atoms. The molecule has 4 heteroatoms. The number of nitrogens with zero attached hydrogens (tertiary/aromatic N) is 2. The van der Waals surface area contributed by atoms with Gasteiger partial charge in [0.05, 0.1) is 6.04 Å². The van der Waals surface area contributed by atoms with Crippen molar-refractivity contribution in [1.82, 2.24) is 9.80 Å². The zero-order valence-electron chi connectivity index (χ0n) is 12.0. The first-order valence-corrected chi connectivity index (χ1v) is 6.84. The fourth-order valence-corrected chi connectivity index (χ4v) is 2.67. The number of carbonyl (C=O) groups excluding carboxylic acids is 1. The molecule has 1 amide bonds. The number of carbonyl (C=O) groups is 1. The molecule has 1 aromatic carbocycles. The molecule has 0 aliphatic carbocycles. The van der Waals surface area contributed by atoms with E-state index in [0.717, 1.165) is 30.8 Å². The van der Waals surface area contributed by atoms with Gasteiger partial charge in [0.25, 0.3) is 0 Å². The van der Waals surface area contributed by atoms with Crippen molar-refractivity contribution in [3.05, 3.63) is 29.8 Å². The summed E-state index contributed by atoms with van der Waals surface area (Å²) in [4.78, 5) is 16.3. The van der Waals surface area contributed by atoms with Crippen molar-refractivity contribution in [2.24, 2.45) is 0 Å². The zero-order valence-corrected chi connectivity index (χ0v) is 12.0. The summed E-state index contributed by atoms with van der Waals surface area (Å²) in [7, 11) is 1.88. The molecule has 2 rings (SSSR count). The number of rotatable bonds is 4. The Bertz CT molecular complexity index is 458. The second kappa shape index (κ2) is 5.61. The number of nitrogens with two attached hydrogens (primary N) is 1. The molecular weight excluding hydrogens is 238 g/mol. The van der Waals surface area contributed by atoms with Crippen molar-refractivity contribution in [1.29, 1.82) is 0 Å². The molecule has 4 nitrogen and oxygen atoms in total. The van der Waals surface area contributed by atoms with Gasteiger partial charge in [-0.05, 0) is 38.0 Å². The van der Waals surface area contributed by atoms with Crippen molar-refractivity contribution in [3.63, 3.8) is 0 Å². The average Bonchev–Trinajstić information content (AvgIpc) is 2.67.